The van der Waals surface area contributed by atoms with E-state index in [-0.39, 0.29) is 40.8 Å². The van der Waals surface area contributed by atoms with E-state index in [1.165, 1.54) is 25.4 Å². The highest BCUT2D eigenvalue weighted by Crippen LogP contribution is 2.34. The van der Waals surface area contributed by atoms with E-state index in [0.717, 1.165) is 11.1 Å². The van der Waals surface area contributed by atoms with Crippen molar-refractivity contribution in [1.82, 2.24) is 9.55 Å². The number of halogens is 1. The molecule has 2 N–H and O–H groups in total. The Morgan fingerprint density at radius 3 is 2.67 bits per heavy atom. The molecule has 3 aromatic rings. The first kappa shape index (κ1) is 22.7. The molecule has 4 rings (SSSR count). The number of hydrogen-bond donors (Lipinski definition) is 2. The monoisotopic (exact) mass is 455 g/mol. The largest absolute Gasteiger partial charge is 0.479 e. The molecule has 3 heterocycles. The van der Waals surface area contributed by atoms with Crippen LogP contribution in [0.2, 0.25) is 0 Å². The quantitative estimate of drug-likeness (QED) is 0.589. The van der Waals surface area contributed by atoms with Crippen LogP contribution in [0.1, 0.15) is 41.4 Å². The van der Waals surface area contributed by atoms with Crippen molar-refractivity contribution in [2.24, 2.45) is 5.92 Å². The predicted octanol–water partition coefficient (Wildman–Crippen LogP) is 2.99. The second-order valence-corrected chi connectivity index (χ2v) is 8.55. The minimum atomic E-state index is -1.35. The van der Waals surface area contributed by atoms with Crippen LogP contribution < -0.4 is 15.1 Å². The molecule has 0 bridgehead atoms. The van der Waals surface area contributed by atoms with Crippen LogP contribution in [0, 0.1) is 11.7 Å². The molecule has 0 fully saturated rings. The molecule has 174 valence electrons. The van der Waals surface area contributed by atoms with E-state index in [0.29, 0.717) is 25.2 Å². The zero-order valence-corrected chi connectivity index (χ0v) is 18.7. The molecule has 0 radical (unpaired) electrons. The summed E-state index contributed by atoms with van der Waals surface area (Å²) < 4.78 is 20.7. The number of ether oxygens (including phenoxy) is 1. The van der Waals surface area contributed by atoms with Crippen LogP contribution in [0.15, 0.2) is 35.3 Å². The van der Waals surface area contributed by atoms with Gasteiger partial charge in [0.15, 0.2) is 0 Å². The SMILES string of the molecule is COc1nc2c(cc1N1CCc3cc(F)ccc3C1)c(=O)c(C(=O)O)cn2[C@H](CO)C(C)C. The van der Waals surface area contributed by atoms with Gasteiger partial charge in [0.25, 0.3) is 0 Å². The van der Waals surface area contributed by atoms with Crippen LogP contribution in [0.4, 0.5) is 10.1 Å². The van der Waals surface area contributed by atoms with Gasteiger partial charge in [0.05, 0.1) is 25.1 Å². The number of hydrogen-bond acceptors (Lipinski definition) is 6. The van der Waals surface area contributed by atoms with Gasteiger partial charge < -0.3 is 24.4 Å². The maximum Gasteiger partial charge on any atom is 0.341 e. The Hall–Kier alpha value is -3.46. The first-order valence-corrected chi connectivity index (χ1v) is 10.8. The smallest absolute Gasteiger partial charge is 0.341 e. The third-order valence-electron chi connectivity index (χ3n) is 6.21. The summed E-state index contributed by atoms with van der Waals surface area (Å²) in [5, 5.41) is 19.7. The second kappa shape index (κ2) is 8.82. The Morgan fingerprint density at radius 1 is 1.27 bits per heavy atom. The lowest BCUT2D eigenvalue weighted by Crippen LogP contribution is -2.31. The van der Waals surface area contributed by atoms with Crippen molar-refractivity contribution >= 4 is 22.7 Å². The van der Waals surface area contributed by atoms with E-state index < -0.39 is 17.4 Å². The summed E-state index contributed by atoms with van der Waals surface area (Å²) in [6.45, 7) is 4.56. The van der Waals surface area contributed by atoms with Crippen molar-refractivity contribution in [3.8, 4) is 5.88 Å². The first-order chi connectivity index (χ1) is 15.7. The number of aromatic carboxylic acids is 1. The lowest BCUT2D eigenvalue weighted by Gasteiger charge is -2.32. The van der Waals surface area contributed by atoms with Crippen LogP contribution in [0.25, 0.3) is 11.0 Å². The molecule has 1 aromatic carbocycles. The molecule has 1 aliphatic rings. The van der Waals surface area contributed by atoms with Gasteiger partial charge in [-0.1, -0.05) is 19.9 Å². The number of aliphatic hydroxyl groups is 1. The van der Waals surface area contributed by atoms with Gasteiger partial charge in [-0.2, -0.15) is 4.98 Å². The lowest BCUT2D eigenvalue weighted by molar-refractivity contribution is 0.0694. The van der Waals surface area contributed by atoms with Crippen molar-refractivity contribution in [3.05, 3.63) is 63.2 Å². The molecule has 0 amide bonds. The van der Waals surface area contributed by atoms with Crippen LogP contribution in [-0.2, 0) is 13.0 Å². The molecule has 1 atom stereocenters. The van der Waals surface area contributed by atoms with E-state index in [4.69, 9.17) is 4.74 Å². The number of aliphatic hydroxyl groups excluding tert-OH is 1. The third-order valence-corrected chi connectivity index (χ3v) is 6.21. The fourth-order valence-electron chi connectivity index (χ4n) is 4.37. The molecular weight excluding hydrogens is 429 g/mol. The molecule has 0 aliphatic carbocycles. The van der Waals surface area contributed by atoms with Gasteiger partial charge in [0, 0.05) is 19.3 Å². The Bertz CT molecular complexity index is 1290. The van der Waals surface area contributed by atoms with Gasteiger partial charge in [0.2, 0.25) is 11.3 Å². The van der Waals surface area contributed by atoms with Crippen LogP contribution in [-0.4, -0.2) is 46.0 Å². The van der Waals surface area contributed by atoms with Gasteiger partial charge in [-0.25, -0.2) is 9.18 Å². The fourth-order valence-corrected chi connectivity index (χ4v) is 4.37. The summed E-state index contributed by atoms with van der Waals surface area (Å²) in [6, 6.07) is 5.81. The summed E-state index contributed by atoms with van der Waals surface area (Å²) in [4.78, 5) is 31.5. The number of pyridine rings is 2. The van der Waals surface area contributed by atoms with E-state index in [9.17, 15) is 24.2 Å². The summed E-state index contributed by atoms with van der Waals surface area (Å²) in [7, 11) is 1.48. The number of anilines is 1. The predicted molar refractivity (Wildman–Crippen MR) is 122 cm³/mol. The molecule has 33 heavy (non-hydrogen) atoms. The molecule has 0 saturated carbocycles. The molecule has 9 heteroatoms. The number of nitrogens with zero attached hydrogens (tertiary/aromatic N) is 3. The highest BCUT2D eigenvalue weighted by molar-refractivity contribution is 5.93. The van der Waals surface area contributed by atoms with Gasteiger partial charge >= 0.3 is 5.97 Å². The van der Waals surface area contributed by atoms with Crippen molar-refractivity contribution in [3.63, 3.8) is 0 Å². The highest BCUT2D eigenvalue weighted by atomic mass is 19.1. The molecule has 1 aliphatic heterocycles. The fraction of sp³-hybridized carbons (Fsp3) is 0.375. The average Bonchev–Trinajstić information content (AvgIpc) is 2.79. The summed E-state index contributed by atoms with van der Waals surface area (Å²) in [5.41, 5.74) is 1.65. The molecule has 0 spiro atoms. The van der Waals surface area contributed by atoms with E-state index in [1.807, 2.05) is 18.7 Å². The van der Waals surface area contributed by atoms with Gasteiger partial charge in [-0.15, -0.1) is 0 Å². The maximum absolute atomic E-state index is 13.6. The molecular formula is C24H26FN3O5. The van der Waals surface area contributed by atoms with Gasteiger partial charge in [-0.05, 0) is 41.7 Å². The normalized spacial score (nSPS) is 14.4. The third kappa shape index (κ3) is 4.04. The van der Waals surface area contributed by atoms with Crippen molar-refractivity contribution in [2.45, 2.75) is 32.9 Å². The first-order valence-electron chi connectivity index (χ1n) is 10.8. The molecule has 0 saturated heterocycles. The zero-order chi connectivity index (χ0) is 23.9. The number of benzene rings is 1. The number of fused-ring (bicyclic) bond motifs is 2. The van der Waals surface area contributed by atoms with E-state index >= 15 is 0 Å². The topological polar surface area (TPSA) is 105 Å². The van der Waals surface area contributed by atoms with Gasteiger partial charge in [-0.3, -0.25) is 4.79 Å². The van der Waals surface area contributed by atoms with E-state index in [1.54, 1.807) is 16.7 Å². The lowest BCUT2D eigenvalue weighted by atomic mass is 9.99. The van der Waals surface area contributed by atoms with Gasteiger partial charge in [0.1, 0.15) is 22.7 Å². The Morgan fingerprint density at radius 2 is 2.03 bits per heavy atom. The number of methoxy groups -OCH3 is 1. The van der Waals surface area contributed by atoms with Crippen molar-refractivity contribution < 1.29 is 24.1 Å². The summed E-state index contributed by atoms with van der Waals surface area (Å²) >= 11 is 0. The molecule has 8 nitrogen and oxygen atoms in total. The second-order valence-electron chi connectivity index (χ2n) is 8.55. The van der Waals surface area contributed by atoms with Crippen LogP contribution in [0.5, 0.6) is 5.88 Å². The number of rotatable bonds is 6. The minimum Gasteiger partial charge on any atom is -0.479 e. The molecule has 2 aromatic heterocycles. The van der Waals surface area contributed by atoms with Crippen molar-refractivity contribution in [1.29, 1.82) is 0 Å². The Balaban J connectivity index is 1.92. The standard InChI is InChI=1S/C24H26FN3O5/c1-13(2)20(12-29)28-11-18(24(31)32)21(30)17-9-19(23(33-3)26-22(17)28)27-7-6-14-8-16(25)5-4-15(14)10-27/h4-5,8-9,11,13,20,29H,6-7,10,12H2,1-3H3,(H,31,32)/t20-/m1/s1. The number of carboxylic acids is 1. The zero-order valence-electron chi connectivity index (χ0n) is 18.7. The van der Waals surface area contributed by atoms with E-state index in [2.05, 4.69) is 4.98 Å². The number of carboxylic acid groups (broad SMARTS) is 1. The van der Waals surface area contributed by atoms with Crippen molar-refractivity contribution in [2.75, 3.05) is 25.2 Å². The van der Waals surface area contributed by atoms with Crippen LogP contribution in [0.3, 0.4) is 0 Å². The maximum atomic E-state index is 13.6. The summed E-state index contributed by atoms with van der Waals surface area (Å²) in [5.74, 6) is -1.39. The minimum absolute atomic E-state index is 0.0474. The highest BCUT2D eigenvalue weighted by Gasteiger charge is 2.26. The Labute approximate surface area is 189 Å². The average molecular weight is 455 g/mol. The Kier molecular flexibility index (Phi) is 6.07. The van der Waals surface area contributed by atoms with Crippen LogP contribution >= 0.6 is 0 Å². The molecule has 0 unspecified atom stereocenters. The number of aromatic nitrogens is 2. The number of carbonyl (C=O) groups is 1. The summed E-state index contributed by atoms with van der Waals surface area (Å²) in [6.07, 6.45) is 1.85.